The van der Waals surface area contributed by atoms with Crippen LogP contribution in [0.15, 0.2) is 18.2 Å². The number of likely N-dealkylation sites (tertiary alicyclic amines) is 1. The summed E-state index contributed by atoms with van der Waals surface area (Å²) in [6.07, 6.45) is 0.317. The molecule has 1 saturated heterocycles. The lowest BCUT2D eigenvalue weighted by Gasteiger charge is -2.24. The molecule has 0 radical (unpaired) electrons. The summed E-state index contributed by atoms with van der Waals surface area (Å²) in [5.74, 6) is -1.64. The quantitative estimate of drug-likeness (QED) is 0.560. The minimum Gasteiger partial charge on any atom is -0.504 e. The SMILES string of the molecule is O=C(O)C(Cc1ccc(O)c(O)c1)N1CC(CCl)CC1=O. The van der Waals surface area contributed by atoms with E-state index < -0.39 is 12.0 Å². The fraction of sp³-hybridized carbons (Fsp3) is 0.429. The zero-order valence-electron chi connectivity index (χ0n) is 11.2. The number of aliphatic carboxylic acids is 1. The van der Waals surface area contributed by atoms with Crippen LogP contribution >= 0.6 is 11.6 Å². The number of carboxylic acids is 1. The van der Waals surface area contributed by atoms with Crippen molar-refractivity contribution in [3.8, 4) is 11.5 Å². The summed E-state index contributed by atoms with van der Waals surface area (Å²) >= 11 is 5.73. The predicted octanol–water partition coefficient (Wildman–Crippen LogP) is 1.18. The van der Waals surface area contributed by atoms with Crippen LogP contribution < -0.4 is 0 Å². The van der Waals surface area contributed by atoms with Crippen molar-refractivity contribution in [2.45, 2.75) is 18.9 Å². The van der Waals surface area contributed by atoms with Crippen molar-refractivity contribution < 1.29 is 24.9 Å². The highest BCUT2D eigenvalue weighted by Gasteiger charge is 2.37. The third-order valence-corrected chi connectivity index (χ3v) is 4.02. The molecule has 114 valence electrons. The molecule has 7 heteroatoms. The molecule has 1 aromatic rings. The van der Waals surface area contributed by atoms with Crippen LogP contribution in [0.2, 0.25) is 0 Å². The summed E-state index contributed by atoms with van der Waals surface area (Å²) in [6.45, 7) is 0.323. The van der Waals surface area contributed by atoms with E-state index in [0.29, 0.717) is 18.0 Å². The van der Waals surface area contributed by atoms with E-state index in [4.69, 9.17) is 11.6 Å². The van der Waals surface area contributed by atoms with Gasteiger partial charge in [-0.25, -0.2) is 4.79 Å². The van der Waals surface area contributed by atoms with Crippen LogP contribution in [0.5, 0.6) is 11.5 Å². The summed E-state index contributed by atoms with van der Waals surface area (Å²) in [5.41, 5.74) is 0.528. The Kier molecular flexibility index (Phi) is 4.57. The number of phenolic OH excluding ortho intramolecular Hbond substituents is 2. The number of aromatic hydroxyl groups is 2. The Hall–Kier alpha value is -1.95. The molecule has 2 rings (SSSR count). The number of carboxylic acid groups (broad SMARTS) is 1. The third-order valence-electron chi connectivity index (χ3n) is 3.59. The normalized spacial score (nSPS) is 19.8. The second-order valence-corrected chi connectivity index (χ2v) is 5.46. The molecule has 21 heavy (non-hydrogen) atoms. The summed E-state index contributed by atoms with van der Waals surface area (Å²) in [4.78, 5) is 24.7. The lowest BCUT2D eigenvalue weighted by atomic mass is 10.0. The fourth-order valence-electron chi connectivity index (χ4n) is 2.46. The number of benzene rings is 1. The van der Waals surface area contributed by atoms with Crippen LogP contribution in [0.1, 0.15) is 12.0 Å². The standard InChI is InChI=1S/C14H16ClNO5/c15-6-9-5-13(19)16(7-9)10(14(20)21)3-8-1-2-11(17)12(18)4-8/h1-2,4,9-10,17-18H,3,5-7H2,(H,20,21). The van der Waals surface area contributed by atoms with Crippen molar-refractivity contribution in [3.63, 3.8) is 0 Å². The second-order valence-electron chi connectivity index (χ2n) is 5.15. The van der Waals surface area contributed by atoms with E-state index in [0.717, 1.165) is 0 Å². The molecule has 6 nitrogen and oxygen atoms in total. The first-order chi connectivity index (χ1) is 9.92. The van der Waals surface area contributed by atoms with Gasteiger partial charge >= 0.3 is 5.97 Å². The molecular formula is C14H16ClNO5. The van der Waals surface area contributed by atoms with Gasteiger partial charge in [0.25, 0.3) is 0 Å². The van der Waals surface area contributed by atoms with E-state index in [-0.39, 0.29) is 36.2 Å². The molecule has 1 fully saturated rings. The first-order valence-electron chi connectivity index (χ1n) is 6.51. The lowest BCUT2D eigenvalue weighted by molar-refractivity contribution is -0.148. The Morgan fingerprint density at radius 3 is 2.62 bits per heavy atom. The Morgan fingerprint density at radius 1 is 1.38 bits per heavy atom. The van der Waals surface area contributed by atoms with E-state index >= 15 is 0 Å². The summed E-state index contributed by atoms with van der Waals surface area (Å²) in [5, 5.41) is 28.1. The maximum absolute atomic E-state index is 11.9. The monoisotopic (exact) mass is 313 g/mol. The van der Waals surface area contributed by atoms with Gasteiger partial charge in [0.15, 0.2) is 11.5 Å². The van der Waals surface area contributed by atoms with Crippen LogP contribution in [-0.4, -0.2) is 50.6 Å². The van der Waals surface area contributed by atoms with Crippen LogP contribution in [-0.2, 0) is 16.0 Å². The zero-order chi connectivity index (χ0) is 15.6. The molecular weight excluding hydrogens is 298 g/mol. The molecule has 3 N–H and O–H groups in total. The maximum atomic E-state index is 11.9. The van der Waals surface area contributed by atoms with Gasteiger partial charge in [-0.3, -0.25) is 4.79 Å². The highest BCUT2D eigenvalue weighted by Crippen LogP contribution is 2.27. The van der Waals surface area contributed by atoms with E-state index in [1.54, 1.807) is 0 Å². The Bertz CT molecular complexity index is 562. The van der Waals surface area contributed by atoms with Gasteiger partial charge in [-0.1, -0.05) is 6.07 Å². The smallest absolute Gasteiger partial charge is 0.326 e. The van der Waals surface area contributed by atoms with Crippen molar-refractivity contribution in [1.82, 2.24) is 4.90 Å². The van der Waals surface area contributed by atoms with E-state index in [2.05, 4.69) is 0 Å². The predicted molar refractivity (Wildman–Crippen MR) is 75.4 cm³/mol. The number of carbonyl (C=O) groups excluding carboxylic acids is 1. The summed E-state index contributed by atoms with van der Waals surface area (Å²) in [6, 6.07) is 3.10. The molecule has 1 heterocycles. The van der Waals surface area contributed by atoms with Gasteiger partial charge in [-0.2, -0.15) is 0 Å². The summed E-state index contributed by atoms with van der Waals surface area (Å²) < 4.78 is 0. The number of carbonyl (C=O) groups is 2. The fourth-order valence-corrected chi connectivity index (χ4v) is 2.67. The van der Waals surface area contributed by atoms with Gasteiger partial charge in [0.2, 0.25) is 5.91 Å². The third kappa shape index (κ3) is 3.39. The Morgan fingerprint density at radius 2 is 2.10 bits per heavy atom. The molecule has 0 aliphatic carbocycles. The maximum Gasteiger partial charge on any atom is 0.326 e. The average Bonchev–Trinajstić information content (AvgIpc) is 2.80. The van der Waals surface area contributed by atoms with Crippen molar-refractivity contribution in [2.75, 3.05) is 12.4 Å². The molecule has 1 amide bonds. The average molecular weight is 314 g/mol. The Labute approximate surface area is 126 Å². The number of hydrogen-bond donors (Lipinski definition) is 3. The van der Waals surface area contributed by atoms with Gasteiger partial charge in [0, 0.05) is 25.3 Å². The molecule has 1 aromatic carbocycles. The minimum absolute atomic E-state index is 0.0331. The molecule has 0 aromatic heterocycles. The largest absolute Gasteiger partial charge is 0.504 e. The number of amides is 1. The van der Waals surface area contributed by atoms with Crippen molar-refractivity contribution >= 4 is 23.5 Å². The highest BCUT2D eigenvalue weighted by molar-refractivity contribution is 6.18. The van der Waals surface area contributed by atoms with E-state index in [9.17, 15) is 24.9 Å². The molecule has 2 atom stereocenters. The van der Waals surface area contributed by atoms with Crippen molar-refractivity contribution in [3.05, 3.63) is 23.8 Å². The lowest BCUT2D eigenvalue weighted by Crippen LogP contribution is -2.43. The van der Waals surface area contributed by atoms with Gasteiger partial charge in [0.1, 0.15) is 6.04 Å². The molecule has 1 aliphatic rings. The molecule has 0 bridgehead atoms. The van der Waals surface area contributed by atoms with Crippen LogP contribution in [0.25, 0.3) is 0 Å². The van der Waals surface area contributed by atoms with E-state index in [1.807, 2.05) is 0 Å². The number of hydrogen-bond acceptors (Lipinski definition) is 4. The minimum atomic E-state index is -1.11. The Balaban J connectivity index is 2.18. The van der Waals surface area contributed by atoms with Crippen LogP contribution in [0.3, 0.4) is 0 Å². The molecule has 2 unspecified atom stereocenters. The van der Waals surface area contributed by atoms with Crippen LogP contribution in [0, 0.1) is 5.92 Å². The number of nitrogens with zero attached hydrogens (tertiary/aromatic N) is 1. The van der Waals surface area contributed by atoms with E-state index in [1.165, 1.54) is 23.1 Å². The number of rotatable bonds is 5. The van der Waals surface area contributed by atoms with Gasteiger partial charge in [-0.15, -0.1) is 11.6 Å². The first kappa shape index (κ1) is 15.4. The number of halogens is 1. The molecule has 1 aliphatic heterocycles. The van der Waals surface area contributed by atoms with Crippen molar-refractivity contribution in [1.29, 1.82) is 0 Å². The van der Waals surface area contributed by atoms with Crippen molar-refractivity contribution in [2.24, 2.45) is 5.92 Å². The number of phenols is 2. The highest BCUT2D eigenvalue weighted by atomic mass is 35.5. The summed E-state index contributed by atoms with van der Waals surface area (Å²) in [7, 11) is 0. The van der Waals surface area contributed by atoms with Gasteiger partial charge in [-0.05, 0) is 23.6 Å². The molecule has 0 spiro atoms. The first-order valence-corrected chi connectivity index (χ1v) is 7.05. The number of alkyl halides is 1. The van der Waals surface area contributed by atoms with Crippen LogP contribution in [0.4, 0.5) is 0 Å². The molecule has 0 saturated carbocycles. The topological polar surface area (TPSA) is 98.1 Å². The second kappa shape index (κ2) is 6.22. The van der Waals surface area contributed by atoms with Gasteiger partial charge < -0.3 is 20.2 Å². The zero-order valence-corrected chi connectivity index (χ0v) is 12.0. The van der Waals surface area contributed by atoms with Gasteiger partial charge in [0.05, 0.1) is 0 Å².